The summed E-state index contributed by atoms with van der Waals surface area (Å²) < 4.78 is 0. The molecular formula is C11H19N. The Kier molecular flexibility index (Phi) is 3.59. The first-order chi connectivity index (χ1) is 5.77. The third kappa shape index (κ3) is 2.85. The summed E-state index contributed by atoms with van der Waals surface area (Å²) in [5.41, 5.74) is 0.641. The van der Waals surface area contributed by atoms with Crippen molar-refractivity contribution >= 4 is 0 Å². The predicted octanol–water partition coefficient (Wildman–Crippen LogP) is 3.66. The Morgan fingerprint density at radius 2 is 1.92 bits per heavy atom. The second kappa shape index (κ2) is 4.50. The van der Waals surface area contributed by atoms with Crippen LogP contribution in [0.5, 0.6) is 0 Å². The van der Waals surface area contributed by atoms with Gasteiger partial charge in [0.1, 0.15) is 0 Å². The zero-order valence-corrected chi connectivity index (χ0v) is 8.10. The van der Waals surface area contributed by atoms with E-state index >= 15 is 0 Å². The molecule has 12 heavy (non-hydrogen) atoms. The summed E-state index contributed by atoms with van der Waals surface area (Å²) in [5, 5.41) is 0. The molecule has 1 fully saturated rings. The van der Waals surface area contributed by atoms with Crippen LogP contribution in [0.1, 0.15) is 51.9 Å². The Bertz CT molecular complexity index is 160. The van der Waals surface area contributed by atoms with Gasteiger partial charge in [0.05, 0.1) is 0 Å². The quantitative estimate of drug-likeness (QED) is 0.442. The molecule has 1 saturated carbocycles. The van der Waals surface area contributed by atoms with Gasteiger partial charge in [-0.1, -0.05) is 19.8 Å². The highest BCUT2D eigenvalue weighted by Crippen LogP contribution is 2.41. The molecule has 1 aliphatic carbocycles. The molecule has 0 radical (unpaired) electrons. The molecule has 0 amide bonds. The molecule has 1 rings (SSSR count). The normalized spacial score (nSPS) is 20.7. The summed E-state index contributed by atoms with van der Waals surface area (Å²) in [5.74, 6) is 0. The van der Waals surface area contributed by atoms with Crippen LogP contribution in [0.4, 0.5) is 0 Å². The largest absolute Gasteiger partial charge is 0.317 e. The van der Waals surface area contributed by atoms with Crippen molar-refractivity contribution in [3.05, 3.63) is 11.4 Å². The fourth-order valence-corrected chi connectivity index (χ4v) is 2.22. The molecule has 68 valence electrons. The van der Waals surface area contributed by atoms with Gasteiger partial charge in [-0.05, 0) is 31.1 Å². The van der Waals surface area contributed by atoms with E-state index in [1.165, 1.54) is 38.5 Å². The average molecular weight is 165 g/mol. The van der Waals surface area contributed by atoms with Gasteiger partial charge >= 0.3 is 0 Å². The topological polar surface area (TPSA) is 4.36 Å². The molecule has 0 atom stereocenters. The van der Waals surface area contributed by atoms with Crippen LogP contribution >= 0.6 is 0 Å². The summed E-state index contributed by atoms with van der Waals surface area (Å²) in [6.45, 7) is 9.81. The Morgan fingerprint density at radius 3 is 2.50 bits per heavy atom. The highest BCUT2D eigenvalue weighted by molar-refractivity contribution is 4.80. The second-order valence-electron chi connectivity index (χ2n) is 4.36. The first kappa shape index (κ1) is 9.58. The molecule has 0 unspecified atom stereocenters. The first-order valence-electron chi connectivity index (χ1n) is 5.10. The van der Waals surface area contributed by atoms with Gasteiger partial charge < -0.3 is 4.85 Å². The molecule has 0 heterocycles. The van der Waals surface area contributed by atoms with Crippen molar-refractivity contribution in [3.8, 4) is 0 Å². The summed E-state index contributed by atoms with van der Waals surface area (Å²) in [4.78, 5) is 3.37. The molecule has 1 heteroatoms. The lowest BCUT2D eigenvalue weighted by Crippen LogP contribution is -2.10. The molecular weight excluding hydrogens is 146 g/mol. The molecule has 0 saturated heterocycles. The van der Waals surface area contributed by atoms with E-state index in [-0.39, 0.29) is 0 Å². The van der Waals surface area contributed by atoms with Gasteiger partial charge in [0.15, 0.2) is 0 Å². The number of hydrogen-bond donors (Lipinski definition) is 0. The van der Waals surface area contributed by atoms with Crippen LogP contribution in [-0.4, -0.2) is 6.54 Å². The van der Waals surface area contributed by atoms with Crippen molar-refractivity contribution in [2.75, 3.05) is 6.54 Å². The maximum absolute atomic E-state index is 6.66. The molecule has 0 N–H and O–H groups in total. The fraction of sp³-hybridized carbons (Fsp3) is 0.909. The third-order valence-electron chi connectivity index (χ3n) is 3.11. The smallest absolute Gasteiger partial charge is 0.214 e. The summed E-state index contributed by atoms with van der Waals surface area (Å²) in [6.07, 6.45) is 9.43. The minimum Gasteiger partial charge on any atom is -0.317 e. The predicted molar refractivity (Wildman–Crippen MR) is 51.9 cm³/mol. The highest BCUT2D eigenvalue weighted by Gasteiger charge is 2.27. The van der Waals surface area contributed by atoms with E-state index < -0.39 is 0 Å². The van der Waals surface area contributed by atoms with Gasteiger partial charge in [-0.2, -0.15) is 0 Å². The number of unbranched alkanes of at least 4 members (excludes halogenated alkanes) is 1. The summed E-state index contributed by atoms with van der Waals surface area (Å²) in [6, 6.07) is 0. The van der Waals surface area contributed by atoms with Crippen LogP contribution in [0.25, 0.3) is 4.85 Å². The zero-order chi connectivity index (χ0) is 8.86. The van der Waals surface area contributed by atoms with E-state index in [9.17, 15) is 0 Å². The highest BCUT2D eigenvalue weighted by atomic mass is 14.6. The van der Waals surface area contributed by atoms with Crippen molar-refractivity contribution in [3.63, 3.8) is 0 Å². The van der Waals surface area contributed by atoms with E-state index in [2.05, 4.69) is 11.8 Å². The second-order valence-corrected chi connectivity index (χ2v) is 4.36. The van der Waals surface area contributed by atoms with Crippen molar-refractivity contribution in [1.82, 2.24) is 0 Å². The van der Waals surface area contributed by atoms with Gasteiger partial charge in [-0.15, -0.1) is 0 Å². The number of nitrogens with zero attached hydrogens (tertiary/aromatic N) is 1. The minimum absolute atomic E-state index is 0.641. The molecule has 0 aliphatic heterocycles. The first-order valence-corrected chi connectivity index (χ1v) is 5.10. The Hall–Kier alpha value is -0.510. The van der Waals surface area contributed by atoms with Gasteiger partial charge in [0, 0.05) is 6.42 Å². The van der Waals surface area contributed by atoms with Gasteiger partial charge in [0.25, 0.3) is 0 Å². The monoisotopic (exact) mass is 165 g/mol. The number of hydrogen-bond acceptors (Lipinski definition) is 0. The molecule has 1 nitrogen and oxygen atoms in total. The van der Waals surface area contributed by atoms with Crippen molar-refractivity contribution in [2.24, 2.45) is 5.41 Å². The Balaban J connectivity index is 2.09. The maximum Gasteiger partial charge on any atom is 0.214 e. The van der Waals surface area contributed by atoms with Crippen LogP contribution in [0.15, 0.2) is 0 Å². The summed E-state index contributed by atoms with van der Waals surface area (Å²) >= 11 is 0. The Labute approximate surface area is 76.0 Å². The maximum atomic E-state index is 6.66. The van der Waals surface area contributed by atoms with E-state index in [4.69, 9.17) is 6.57 Å². The molecule has 0 spiro atoms. The lowest BCUT2D eigenvalue weighted by atomic mass is 9.83. The Morgan fingerprint density at radius 1 is 1.25 bits per heavy atom. The fourth-order valence-electron chi connectivity index (χ4n) is 2.22. The van der Waals surface area contributed by atoms with Gasteiger partial charge in [-0.3, -0.25) is 0 Å². The SMILES string of the molecule is [C-]#[N+]CCCCC1(C)CCCC1. The lowest BCUT2D eigenvalue weighted by Gasteiger charge is -2.22. The van der Waals surface area contributed by atoms with Crippen molar-refractivity contribution in [2.45, 2.75) is 51.9 Å². The molecule has 1 aliphatic rings. The average Bonchev–Trinajstić information content (AvgIpc) is 2.47. The number of rotatable bonds is 4. The molecule has 0 aromatic rings. The van der Waals surface area contributed by atoms with Crippen LogP contribution in [0.3, 0.4) is 0 Å². The minimum atomic E-state index is 0.641. The van der Waals surface area contributed by atoms with E-state index in [1.54, 1.807) is 0 Å². The molecule has 0 aromatic heterocycles. The molecule has 0 bridgehead atoms. The van der Waals surface area contributed by atoms with E-state index in [0.717, 1.165) is 13.0 Å². The van der Waals surface area contributed by atoms with Crippen LogP contribution < -0.4 is 0 Å². The van der Waals surface area contributed by atoms with Crippen LogP contribution in [0, 0.1) is 12.0 Å². The third-order valence-corrected chi connectivity index (χ3v) is 3.11. The van der Waals surface area contributed by atoms with Crippen molar-refractivity contribution in [1.29, 1.82) is 0 Å². The molecule has 0 aromatic carbocycles. The van der Waals surface area contributed by atoms with E-state index in [1.807, 2.05) is 0 Å². The van der Waals surface area contributed by atoms with Gasteiger partial charge in [-0.25, -0.2) is 6.57 Å². The van der Waals surface area contributed by atoms with Gasteiger partial charge in [0.2, 0.25) is 6.54 Å². The zero-order valence-electron chi connectivity index (χ0n) is 8.10. The van der Waals surface area contributed by atoms with E-state index in [0.29, 0.717) is 5.41 Å². The van der Waals surface area contributed by atoms with Crippen LogP contribution in [0.2, 0.25) is 0 Å². The standard InChI is InChI=1S/C11H19N/c1-11(7-3-4-8-11)9-5-6-10-12-2/h3-10H2,1H3. The summed E-state index contributed by atoms with van der Waals surface area (Å²) in [7, 11) is 0. The van der Waals surface area contributed by atoms with Crippen LogP contribution in [-0.2, 0) is 0 Å². The van der Waals surface area contributed by atoms with Crippen molar-refractivity contribution < 1.29 is 0 Å². The lowest BCUT2D eigenvalue weighted by molar-refractivity contribution is 0.298.